The summed E-state index contributed by atoms with van der Waals surface area (Å²) in [5.74, 6) is 1.97. The van der Waals surface area contributed by atoms with E-state index in [0.717, 1.165) is 38.8 Å². The van der Waals surface area contributed by atoms with Crippen molar-refractivity contribution in [2.45, 2.75) is 203 Å². The van der Waals surface area contributed by atoms with E-state index in [-0.39, 0.29) is 0 Å². The summed E-state index contributed by atoms with van der Waals surface area (Å²) in [6.07, 6.45) is 35.1. The number of rotatable bonds is 8. The fourth-order valence-electron chi connectivity index (χ4n) is 10.6. The van der Waals surface area contributed by atoms with E-state index in [1.54, 1.807) is 0 Å². The second-order valence-corrected chi connectivity index (χ2v) is 17.3. The van der Waals surface area contributed by atoms with Crippen LogP contribution in [-0.2, 0) is 16.0 Å². The van der Waals surface area contributed by atoms with E-state index < -0.39 is 27.2 Å². The van der Waals surface area contributed by atoms with Crippen LogP contribution in [0.15, 0.2) is 0 Å². The molecule has 2 atom stereocenters. The minimum absolute atomic E-state index is 0.305. The van der Waals surface area contributed by atoms with Gasteiger partial charge in [0.05, 0.1) is 11.2 Å². The van der Waals surface area contributed by atoms with E-state index in [4.69, 9.17) is 18.8 Å². The third kappa shape index (κ3) is 11.8. The predicted molar refractivity (Wildman–Crippen MR) is 185 cm³/mol. The Labute approximate surface area is 289 Å². The molecule has 0 aromatic carbocycles. The van der Waals surface area contributed by atoms with Crippen molar-refractivity contribution >= 4 is 9.64 Å². The molecule has 6 rings (SSSR count). The van der Waals surface area contributed by atoms with Crippen molar-refractivity contribution in [1.29, 1.82) is 3.88 Å². The Bertz CT molecular complexity index is 726. The van der Waals surface area contributed by atoms with Crippen molar-refractivity contribution in [1.82, 2.24) is 0 Å². The number of aliphatic hydroxyl groups is 2. The van der Waals surface area contributed by atoms with Crippen molar-refractivity contribution < 1.29 is 26.3 Å². The second kappa shape index (κ2) is 20.9. The topological polar surface area (TPSA) is 92.4 Å². The third-order valence-electron chi connectivity index (χ3n) is 13.0. The number of hydrogen-bond donors (Lipinski definition) is 2. The van der Waals surface area contributed by atoms with Gasteiger partial charge in [-0.25, -0.2) is 0 Å². The maximum atomic E-state index is 12.4. The first-order chi connectivity index (χ1) is 22.0. The van der Waals surface area contributed by atoms with Crippen molar-refractivity contribution in [3.05, 3.63) is 10.6 Å². The van der Waals surface area contributed by atoms with Gasteiger partial charge in [0.15, 0.2) is 0 Å². The molecule has 0 radical (unpaired) electrons. The summed E-state index contributed by atoms with van der Waals surface area (Å²) in [6.45, 7) is 2.25. The van der Waals surface area contributed by atoms with Crippen LogP contribution < -0.4 is 0 Å². The Kier molecular flexibility index (Phi) is 17.7. The van der Waals surface area contributed by atoms with Crippen LogP contribution in [0.5, 0.6) is 0 Å². The third-order valence-corrected chi connectivity index (χ3v) is 13.0. The molecule has 0 aromatic rings. The van der Waals surface area contributed by atoms with Crippen LogP contribution in [0, 0.1) is 27.6 Å². The fraction of sp³-hybridized carbons (Fsp3) is 1.00. The molecule has 7 heteroatoms. The Balaban J connectivity index is 0.000000446. The molecule has 2 aliphatic heterocycles. The number of nitrogens with zero attached hydrogens (tertiary/aromatic N) is 3. The monoisotopic (exact) mass is 825 g/mol. The quantitative estimate of drug-likeness (QED) is 0.255. The summed E-state index contributed by atoms with van der Waals surface area (Å²) in [6, 6.07) is 0.610. The zero-order valence-corrected chi connectivity index (χ0v) is 31.9. The molecule has 0 aromatic heterocycles. The van der Waals surface area contributed by atoms with E-state index in [1.165, 1.54) is 154 Å². The van der Waals surface area contributed by atoms with Gasteiger partial charge in [0.2, 0.25) is 0 Å². The van der Waals surface area contributed by atoms with Crippen LogP contribution in [0.4, 0.5) is 0 Å². The van der Waals surface area contributed by atoms with Gasteiger partial charge in [0.25, 0.3) is 0 Å². The van der Waals surface area contributed by atoms with Crippen LogP contribution >= 0.6 is 9.64 Å². The Morgan fingerprint density at radius 3 is 1.02 bits per heavy atom. The zero-order chi connectivity index (χ0) is 31.8. The summed E-state index contributed by atoms with van der Waals surface area (Å²) in [7, 11) is 4.69. The molecule has 0 spiro atoms. The first-order valence-corrected chi connectivity index (χ1v) is 23.9. The Morgan fingerprint density at radius 2 is 0.778 bits per heavy atom. The van der Waals surface area contributed by atoms with Crippen LogP contribution in [0.1, 0.15) is 180 Å². The second-order valence-electron chi connectivity index (χ2n) is 15.9. The van der Waals surface area contributed by atoms with Crippen LogP contribution in [-0.4, -0.2) is 46.6 Å². The molecular weight excluding hydrogens is 756 g/mol. The molecule has 45 heavy (non-hydrogen) atoms. The minimum atomic E-state index is -1.11. The van der Waals surface area contributed by atoms with Gasteiger partial charge in [0.1, 0.15) is 0 Å². The Morgan fingerprint density at radius 1 is 0.489 bits per heavy atom. The summed E-state index contributed by atoms with van der Waals surface area (Å²) in [5, 5.41) is 34.5. The summed E-state index contributed by atoms with van der Waals surface area (Å²) in [4.78, 5) is 0. The van der Waals surface area contributed by atoms with Crippen molar-refractivity contribution in [2.75, 3.05) is 13.1 Å². The van der Waals surface area contributed by atoms with Gasteiger partial charge >= 0.3 is 29.6 Å². The molecule has 262 valence electrons. The average Bonchev–Trinajstić information content (AvgIpc) is 3.11. The van der Waals surface area contributed by atoms with E-state index >= 15 is 0 Å². The van der Waals surface area contributed by atoms with Crippen LogP contribution in [0.3, 0.4) is 0 Å². The number of piperidine rings is 2. The number of halogens is 1. The SMILES string of the molecule is C1CC[N-]CC1.OC(CC1CCCC(CC(O)(C2CCCCC2)C2CCCCC2)[N-]1)(C1CCCCC1)C1CCCCC1.[N]#[Os+2][Cl]. The van der Waals surface area contributed by atoms with E-state index in [2.05, 4.69) is 5.32 Å². The van der Waals surface area contributed by atoms with Crippen molar-refractivity contribution in [3.63, 3.8) is 0 Å². The van der Waals surface area contributed by atoms with Gasteiger partial charge in [0, 0.05) is 0 Å². The fourth-order valence-corrected chi connectivity index (χ4v) is 10.6. The van der Waals surface area contributed by atoms with Crippen molar-refractivity contribution in [2.24, 2.45) is 23.7 Å². The molecule has 4 aliphatic carbocycles. The van der Waals surface area contributed by atoms with E-state index in [0.29, 0.717) is 35.8 Å². The van der Waals surface area contributed by atoms with Gasteiger partial charge in [-0.3, -0.25) is 0 Å². The number of hydrogen-bond acceptors (Lipinski definition) is 3. The summed E-state index contributed by atoms with van der Waals surface area (Å²) >= 11 is -1.11. The summed E-state index contributed by atoms with van der Waals surface area (Å²) < 4.78 is 7.47. The van der Waals surface area contributed by atoms with Gasteiger partial charge in [-0.1, -0.05) is 116 Å². The molecule has 0 amide bonds. The van der Waals surface area contributed by atoms with Crippen LogP contribution in [0.2, 0.25) is 0 Å². The molecule has 0 bridgehead atoms. The first-order valence-electron chi connectivity index (χ1n) is 19.6. The van der Waals surface area contributed by atoms with E-state index in [9.17, 15) is 10.2 Å². The maximum absolute atomic E-state index is 12.4. The van der Waals surface area contributed by atoms with Gasteiger partial charge in [-0.05, 0) is 87.9 Å². The van der Waals surface area contributed by atoms with Gasteiger partial charge in [-0.2, -0.15) is 0 Å². The molecule has 2 unspecified atom stereocenters. The summed E-state index contributed by atoms with van der Waals surface area (Å²) in [5.41, 5.74) is -1.00. The standard InChI is InChI=1S/C33H58NO2.C5H10N.ClH.N.Os/c35-32(26-14-5-1-6-15-26,27-16-7-2-8-17-27)24-30-22-13-23-31(34-30)25-33(36,28-18-9-3-10-19-28)29-20-11-4-12-21-29;1-2-4-6-5-3-1;;;/h26-31,35-36H,1-25H2;1-5H2;1H;;/q2*-1;;;+3/p-1. The van der Waals surface area contributed by atoms with Gasteiger partial charge < -0.3 is 20.8 Å². The molecule has 6 fully saturated rings. The molecule has 2 saturated heterocycles. The normalized spacial score (nSPS) is 28.7. The molecular formula is C38H68ClN3O2Os. The molecule has 4 saturated carbocycles. The Hall–Kier alpha value is 0.476. The predicted octanol–water partition coefficient (Wildman–Crippen LogP) is 11.1. The van der Waals surface area contributed by atoms with E-state index in [1.807, 2.05) is 0 Å². The van der Waals surface area contributed by atoms with Crippen molar-refractivity contribution in [3.8, 4) is 0 Å². The molecule has 2 heterocycles. The van der Waals surface area contributed by atoms with Crippen LogP contribution in [0.25, 0.3) is 10.6 Å². The molecule has 2 N–H and O–H groups in total. The zero-order valence-electron chi connectivity index (χ0n) is 28.6. The average molecular weight is 825 g/mol. The molecule has 5 nitrogen and oxygen atoms in total. The molecule has 6 aliphatic rings. The first kappa shape index (κ1) is 38.3. The van der Waals surface area contributed by atoms with Gasteiger partial charge in [-0.15, -0.1) is 25.2 Å².